The van der Waals surface area contributed by atoms with Gasteiger partial charge in [-0.25, -0.2) is 0 Å². The summed E-state index contributed by atoms with van der Waals surface area (Å²) in [5.74, 6) is 0.479. The fourth-order valence-electron chi connectivity index (χ4n) is 10.4. The van der Waals surface area contributed by atoms with Crippen LogP contribution in [0.1, 0.15) is 29.5 Å². The van der Waals surface area contributed by atoms with Crippen LogP contribution in [0.25, 0.3) is 77.2 Å². The number of para-hydroxylation sites is 2. The molecule has 1 aromatic heterocycles. The van der Waals surface area contributed by atoms with Gasteiger partial charge in [0, 0.05) is 33.6 Å². The zero-order valence-electron chi connectivity index (χ0n) is 37.3. The molecule has 1 aliphatic rings. The Bertz CT molecular complexity index is 3630. The van der Waals surface area contributed by atoms with Gasteiger partial charge in [0.05, 0.1) is 5.69 Å². The van der Waals surface area contributed by atoms with E-state index in [-0.39, 0.29) is 11.8 Å². The summed E-state index contributed by atoms with van der Waals surface area (Å²) in [5, 5.41) is 4.70. The first-order valence-electron chi connectivity index (χ1n) is 23.3. The van der Waals surface area contributed by atoms with Crippen LogP contribution >= 0.6 is 0 Å². The standard InChI is InChI=1S/C65H47NO/c1-44-41-59(46-21-7-3-8-22-46)60(47-23-9-4-10-24-47)43-58(44)48-37-39-51(40-38-48)66(52-28-15-27-50(42-52)54-32-18-36-63-65(54)57-30-12-14-35-62(57)67-63)61-34-13-11-29-55(61)56-33-17-26-49-25-16-31-53(64(49)56)45-19-5-2-6-20-45/h2-44,58H,1H3. The van der Waals surface area contributed by atoms with Crippen LogP contribution in [0.4, 0.5) is 17.1 Å². The van der Waals surface area contributed by atoms with E-state index in [2.05, 4.69) is 261 Å². The number of furan rings is 1. The molecule has 67 heavy (non-hydrogen) atoms. The van der Waals surface area contributed by atoms with Crippen molar-refractivity contribution in [2.75, 3.05) is 4.90 Å². The lowest BCUT2D eigenvalue weighted by molar-refractivity contribution is 0.640. The number of fused-ring (bicyclic) bond motifs is 4. The maximum Gasteiger partial charge on any atom is 0.136 e. The van der Waals surface area contributed by atoms with E-state index in [4.69, 9.17) is 4.42 Å². The summed E-state index contributed by atoms with van der Waals surface area (Å²) in [4.78, 5) is 2.45. The lowest BCUT2D eigenvalue weighted by atomic mass is 9.76. The van der Waals surface area contributed by atoms with Gasteiger partial charge in [-0.2, -0.15) is 0 Å². The summed E-state index contributed by atoms with van der Waals surface area (Å²) < 4.78 is 6.38. The number of nitrogens with zero attached hydrogens (tertiary/aromatic N) is 1. The summed E-state index contributed by atoms with van der Waals surface area (Å²) in [5.41, 5.74) is 18.4. The average molecular weight is 858 g/mol. The van der Waals surface area contributed by atoms with E-state index in [0.29, 0.717) is 0 Å². The zero-order valence-corrected chi connectivity index (χ0v) is 37.3. The molecule has 0 fully saturated rings. The molecule has 2 nitrogen and oxygen atoms in total. The van der Waals surface area contributed by atoms with Crippen molar-refractivity contribution in [2.45, 2.75) is 12.8 Å². The normalized spacial score (nSPS) is 14.8. The monoisotopic (exact) mass is 857 g/mol. The van der Waals surface area contributed by atoms with Crippen molar-refractivity contribution in [3.05, 3.63) is 271 Å². The highest BCUT2D eigenvalue weighted by Gasteiger charge is 2.26. The van der Waals surface area contributed by atoms with Crippen LogP contribution < -0.4 is 4.90 Å². The fraction of sp³-hybridized carbons (Fsp3) is 0.0462. The van der Waals surface area contributed by atoms with Gasteiger partial charge in [0.15, 0.2) is 0 Å². The van der Waals surface area contributed by atoms with Crippen molar-refractivity contribution in [2.24, 2.45) is 5.92 Å². The highest BCUT2D eigenvalue weighted by atomic mass is 16.3. The Morgan fingerprint density at radius 3 is 1.64 bits per heavy atom. The molecule has 0 N–H and O–H groups in total. The van der Waals surface area contributed by atoms with Gasteiger partial charge in [-0.05, 0) is 115 Å². The predicted molar refractivity (Wildman–Crippen MR) is 283 cm³/mol. The Kier molecular flexibility index (Phi) is 10.3. The van der Waals surface area contributed by atoms with Gasteiger partial charge in [-0.15, -0.1) is 0 Å². The molecule has 0 aliphatic heterocycles. The third kappa shape index (κ3) is 7.34. The van der Waals surface area contributed by atoms with E-state index in [1.807, 2.05) is 6.07 Å². The number of benzene rings is 10. The SMILES string of the molecule is CC1C=C(c2ccccc2)C(c2ccccc2)=CC1c1ccc(N(c2cccc(-c3cccc4oc5ccccc5c34)c2)c2ccccc2-c2cccc3cccc(-c4ccccc4)c23)cc1. The van der Waals surface area contributed by atoms with E-state index in [1.54, 1.807) is 0 Å². The first-order valence-corrected chi connectivity index (χ1v) is 23.3. The zero-order chi connectivity index (χ0) is 44.7. The maximum absolute atomic E-state index is 6.38. The summed E-state index contributed by atoms with van der Waals surface area (Å²) in [7, 11) is 0. The Morgan fingerprint density at radius 1 is 0.373 bits per heavy atom. The number of hydrogen-bond donors (Lipinski definition) is 0. The smallest absolute Gasteiger partial charge is 0.136 e. The van der Waals surface area contributed by atoms with Gasteiger partial charge in [-0.3, -0.25) is 0 Å². The van der Waals surface area contributed by atoms with Crippen LogP contribution in [0, 0.1) is 5.92 Å². The molecule has 2 atom stereocenters. The Balaban J connectivity index is 1.03. The van der Waals surface area contributed by atoms with Crippen LogP contribution in [0.3, 0.4) is 0 Å². The molecular weight excluding hydrogens is 811 g/mol. The predicted octanol–water partition coefficient (Wildman–Crippen LogP) is 18.1. The van der Waals surface area contributed by atoms with Crippen molar-refractivity contribution in [3.8, 4) is 33.4 Å². The van der Waals surface area contributed by atoms with E-state index in [0.717, 1.165) is 55.7 Å². The van der Waals surface area contributed by atoms with Crippen molar-refractivity contribution < 1.29 is 4.42 Å². The van der Waals surface area contributed by atoms with Crippen molar-refractivity contribution in [1.29, 1.82) is 0 Å². The van der Waals surface area contributed by atoms with Gasteiger partial charge in [0.2, 0.25) is 0 Å². The molecular formula is C65H47NO. The summed E-state index contributed by atoms with van der Waals surface area (Å²) in [6.45, 7) is 2.35. The second-order valence-corrected chi connectivity index (χ2v) is 17.6. The van der Waals surface area contributed by atoms with Gasteiger partial charge in [0.25, 0.3) is 0 Å². The molecule has 11 aromatic rings. The molecule has 1 aliphatic carbocycles. The molecule has 1 heterocycles. The molecule has 318 valence electrons. The lowest BCUT2D eigenvalue weighted by Gasteiger charge is -2.30. The molecule has 2 unspecified atom stereocenters. The second-order valence-electron chi connectivity index (χ2n) is 17.6. The largest absolute Gasteiger partial charge is 0.456 e. The number of hydrogen-bond acceptors (Lipinski definition) is 2. The van der Waals surface area contributed by atoms with Gasteiger partial charge >= 0.3 is 0 Å². The maximum atomic E-state index is 6.38. The molecule has 0 saturated heterocycles. The van der Waals surface area contributed by atoms with Crippen LogP contribution in [0.15, 0.2) is 259 Å². The van der Waals surface area contributed by atoms with E-state index in [1.165, 1.54) is 55.3 Å². The second kappa shape index (κ2) is 17.2. The molecule has 2 heteroatoms. The minimum Gasteiger partial charge on any atom is -0.456 e. The quantitative estimate of drug-likeness (QED) is 0.144. The van der Waals surface area contributed by atoms with Crippen LogP contribution in [-0.4, -0.2) is 0 Å². The number of rotatable bonds is 9. The molecule has 10 aromatic carbocycles. The number of anilines is 3. The van der Waals surface area contributed by atoms with E-state index in [9.17, 15) is 0 Å². The topological polar surface area (TPSA) is 16.4 Å². The van der Waals surface area contributed by atoms with Crippen molar-refractivity contribution in [3.63, 3.8) is 0 Å². The fourth-order valence-corrected chi connectivity index (χ4v) is 10.4. The third-order valence-electron chi connectivity index (χ3n) is 13.6. The first kappa shape index (κ1) is 40.1. The number of allylic oxidation sites excluding steroid dienone is 4. The molecule has 0 radical (unpaired) electrons. The van der Waals surface area contributed by atoms with E-state index < -0.39 is 0 Å². The van der Waals surface area contributed by atoms with Crippen LogP contribution in [0.5, 0.6) is 0 Å². The molecule has 0 spiro atoms. The van der Waals surface area contributed by atoms with Crippen LogP contribution in [-0.2, 0) is 0 Å². The Labute approximate surface area is 392 Å². The van der Waals surface area contributed by atoms with E-state index >= 15 is 0 Å². The summed E-state index contributed by atoms with van der Waals surface area (Å²) in [6, 6.07) is 87.8. The van der Waals surface area contributed by atoms with Gasteiger partial charge < -0.3 is 9.32 Å². The van der Waals surface area contributed by atoms with Gasteiger partial charge in [0.1, 0.15) is 11.2 Å². The van der Waals surface area contributed by atoms with Gasteiger partial charge in [-0.1, -0.05) is 219 Å². The summed E-state index contributed by atoms with van der Waals surface area (Å²) >= 11 is 0. The molecule has 0 amide bonds. The molecule has 0 bridgehead atoms. The average Bonchev–Trinajstić information content (AvgIpc) is 3.79. The van der Waals surface area contributed by atoms with Crippen molar-refractivity contribution in [1.82, 2.24) is 0 Å². The highest BCUT2D eigenvalue weighted by Crippen LogP contribution is 2.48. The minimum atomic E-state index is 0.193. The molecule has 12 rings (SSSR count). The lowest BCUT2D eigenvalue weighted by Crippen LogP contribution is -2.14. The highest BCUT2D eigenvalue weighted by molar-refractivity contribution is 6.13. The first-order chi connectivity index (χ1) is 33.2. The Hall–Kier alpha value is -8.46. The van der Waals surface area contributed by atoms with Crippen LogP contribution in [0.2, 0.25) is 0 Å². The Morgan fingerprint density at radius 2 is 0.910 bits per heavy atom. The minimum absolute atomic E-state index is 0.193. The van der Waals surface area contributed by atoms with Crippen molar-refractivity contribution >= 4 is 60.9 Å². The molecule has 0 saturated carbocycles. The third-order valence-corrected chi connectivity index (χ3v) is 13.6. The summed E-state index contributed by atoms with van der Waals surface area (Å²) in [6.07, 6.45) is 4.97.